The summed E-state index contributed by atoms with van der Waals surface area (Å²) in [6, 6.07) is 7.68. The molecule has 3 aromatic rings. The molecule has 34 heavy (non-hydrogen) atoms. The van der Waals surface area contributed by atoms with E-state index < -0.39 is 0 Å². The van der Waals surface area contributed by atoms with E-state index in [4.69, 9.17) is 14.2 Å². The van der Waals surface area contributed by atoms with Crippen molar-refractivity contribution in [3.8, 4) is 17.2 Å². The van der Waals surface area contributed by atoms with Gasteiger partial charge in [-0.3, -0.25) is 4.79 Å². The number of pyridine rings is 2. The number of hydrogen-bond acceptors (Lipinski definition) is 7. The number of carbonyl (C=O) groups is 1. The van der Waals surface area contributed by atoms with E-state index in [1.807, 2.05) is 36.1 Å². The molecule has 8 nitrogen and oxygen atoms in total. The number of aryl methyl sites for hydroxylation is 1. The molecule has 1 saturated heterocycles. The van der Waals surface area contributed by atoms with E-state index in [1.165, 1.54) is 0 Å². The molecule has 182 valence electrons. The molecule has 0 aliphatic carbocycles. The Hall–Kier alpha value is -3.26. The highest BCUT2D eigenvalue weighted by atomic mass is 35.5. The number of anilines is 2. The number of amides is 1. The lowest BCUT2D eigenvalue weighted by Crippen LogP contribution is -2.42. The van der Waals surface area contributed by atoms with Crippen molar-refractivity contribution in [1.29, 1.82) is 0 Å². The van der Waals surface area contributed by atoms with Gasteiger partial charge in [-0.25, -0.2) is 9.97 Å². The number of methoxy groups -OCH3 is 3. The van der Waals surface area contributed by atoms with Crippen molar-refractivity contribution in [2.24, 2.45) is 0 Å². The summed E-state index contributed by atoms with van der Waals surface area (Å²) in [7, 11) is 4.71. The van der Waals surface area contributed by atoms with Crippen LogP contribution in [-0.4, -0.2) is 54.7 Å². The number of hydrogen-bond donors (Lipinski definition) is 1. The summed E-state index contributed by atoms with van der Waals surface area (Å²) in [6.07, 6.45) is 4.77. The average molecular weight is 487 g/mol. The second-order valence-corrected chi connectivity index (χ2v) is 8.25. The third-order valence-electron chi connectivity index (χ3n) is 6.10. The van der Waals surface area contributed by atoms with Crippen molar-refractivity contribution in [1.82, 2.24) is 14.9 Å². The van der Waals surface area contributed by atoms with Crippen LogP contribution in [0.4, 0.5) is 11.4 Å². The minimum atomic E-state index is -0.0351. The fourth-order valence-electron chi connectivity index (χ4n) is 4.32. The van der Waals surface area contributed by atoms with E-state index in [-0.39, 0.29) is 24.4 Å². The van der Waals surface area contributed by atoms with Crippen molar-refractivity contribution in [2.45, 2.75) is 39.2 Å². The van der Waals surface area contributed by atoms with Crippen LogP contribution in [0.1, 0.15) is 42.2 Å². The number of fused-ring (bicyclic) bond motifs is 1. The first-order valence-corrected chi connectivity index (χ1v) is 11.1. The number of piperidine rings is 1. The predicted octanol–water partition coefficient (Wildman–Crippen LogP) is 5.14. The number of nitrogens with zero attached hydrogens (tertiary/aromatic N) is 3. The largest absolute Gasteiger partial charge is 0.493 e. The third-order valence-corrected chi connectivity index (χ3v) is 6.10. The van der Waals surface area contributed by atoms with Crippen LogP contribution in [0.25, 0.3) is 11.0 Å². The maximum Gasteiger partial charge on any atom is 0.257 e. The molecule has 1 atom stereocenters. The van der Waals surface area contributed by atoms with Gasteiger partial charge in [0.15, 0.2) is 17.1 Å². The quantitative estimate of drug-likeness (QED) is 0.516. The summed E-state index contributed by atoms with van der Waals surface area (Å²) in [5.41, 5.74) is 3.30. The number of benzene rings is 1. The fourth-order valence-corrected chi connectivity index (χ4v) is 4.32. The summed E-state index contributed by atoms with van der Waals surface area (Å²) in [5.74, 6) is 1.50. The van der Waals surface area contributed by atoms with Gasteiger partial charge in [0.25, 0.3) is 5.91 Å². The molecule has 0 radical (unpaired) electrons. The monoisotopic (exact) mass is 486 g/mol. The zero-order valence-electron chi connectivity index (χ0n) is 20.2. The lowest BCUT2D eigenvalue weighted by molar-refractivity contribution is 0.0636. The molecule has 9 heteroatoms. The van der Waals surface area contributed by atoms with E-state index in [2.05, 4.69) is 22.2 Å². The van der Waals surface area contributed by atoms with Crippen LogP contribution in [0.2, 0.25) is 0 Å². The van der Waals surface area contributed by atoms with E-state index in [1.54, 1.807) is 27.5 Å². The Bertz CT molecular complexity index is 1160. The molecule has 0 spiro atoms. The van der Waals surface area contributed by atoms with Crippen molar-refractivity contribution in [3.63, 3.8) is 0 Å². The zero-order valence-corrected chi connectivity index (χ0v) is 21.0. The Labute approximate surface area is 206 Å². The number of rotatable bonds is 6. The SMILES string of the molecule is COc1cc(Nc2c(C(=O)N3CCCCC3C)cnc3nc(C)ccc23)cc(OC)c1OC.Cl. The molecule has 1 aliphatic heterocycles. The van der Waals surface area contributed by atoms with Crippen molar-refractivity contribution < 1.29 is 19.0 Å². The lowest BCUT2D eigenvalue weighted by atomic mass is 10.0. The smallest absolute Gasteiger partial charge is 0.257 e. The van der Waals surface area contributed by atoms with E-state index >= 15 is 0 Å². The van der Waals surface area contributed by atoms with E-state index in [0.29, 0.717) is 39.8 Å². The van der Waals surface area contributed by atoms with E-state index in [9.17, 15) is 4.79 Å². The number of ether oxygens (including phenoxy) is 3. The van der Waals surface area contributed by atoms with Crippen LogP contribution in [-0.2, 0) is 0 Å². The Morgan fingerprint density at radius 2 is 1.79 bits per heavy atom. The van der Waals surface area contributed by atoms with Crippen LogP contribution in [0.5, 0.6) is 17.2 Å². The van der Waals surface area contributed by atoms with Crippen LogP contribution >= 0.6 is 12.4 Å². The topological polar surface area (TPSA) is 85.8 Å². The molecule has 1 aliphatic rings. The molecule has 1 unspecified atom stereocenters. The van der Waals surface area contributed by atoms with Gasteiger partial charge in [0.1, 0.15) is 0 Å². The summed E-state index contributed by atoms with van der Waals surface area (Å²) < 4.78 is 16.4. The highest BCUT2D eigenvalue weighted by molar-refractivity contribution is 6.07. The maximum absolute atomic E-state index is 13.6. The first-order valence-electron chi connectivity index (χ1n) is 11.1. The van der Waals surface area contributed by atoms with Crippen molar-refractivity contribution in [2.75, 3.05) is 33.2 Å². The number of likely N-dealkylation sites (tertiary alicyclic amines) is 1. The highest BCUT2D eigenvalue weighted by Crippen LogP contribution is 2.41. The Morgan fingerprint density at radius 1 is 1.09 bits per heavy atom. The summed E-state index contributed by atoms with van der Waals surface area (Å²) in [4.78, 5) is 24.6. The summed E-state index contributed by atoms with van der Waals surface area (Å²) in [5, 5.41) is 4.20. The second-order valence-electron chi connectivity index (χ2n) is 8.25. The maximum atomic E-state index is 13.6. The molecule has 0 saturated carbocycles. The molecule has 1 N–H and O–H groups in total. The first kappa shape index (κ1) is 25.4. The van der Waals surface area contributed by atoms with Crippen LogP contribution in [0, 0.1) is 6.92 Å². The molecule has 1 fully saturated rings. The minimum Gasteiger partial charge on any atom is -0.493 e. The standard InChI is InChI=1S/C25H30N4O4.ClH/c1-15-9-10-18-22(28-17-12-20(31-3)23(33-5)21(13-17)32-4)19(14-26-24(18)27-15)25(30)29-11-7-6-8-16(29)2;/h9-10,12-14,16H,6-8,11H2,1-5H3,(H,26,27,28);1H. The van der Waals surface area contributed by atoms with Gasteiger partial charge < -0.3 is 24.4 Å². The second kappa shape index (κ2) is 10.8. The van der Waals surface area contributed by atoms with Gasteiger partial charge in [0, 0.05) is 47.7 Å². The van der Waals surface area contributed by atoms with Crippen molar-refractivity contribution in [3.05, 3.63) is 41.7 Å². The molecular weight excluding hydrogens is 456 g/mol. The minimum absolute atomic E-state index is 0. The van der Waals surface area contributed by atoms with Crippen LogP contribution in [0.15, 0.2) is 30.5 Å². The number of halogens is 1. The molecular formula is C25H31ClN4O4. The van der Waals surface area contributed by atoms with Crippen LogP contribution in [0.3, 0.4) is 0 Å². The zero-order chi connectivity index (χ0) is 23.5. The van der Waals surface area contributed by atoms with Gasteiger partial charge in [0.2, 0.25) is 5.75 Å². The molecule has 2 aromatic heterocycles. The fraction of sp³-hybridized carbons (Fsp3) is 0.400. The van der Waals surface area contributed by atoms with Gasteiger partial charge in [-0.1, -0.05) is 0 Å². The lowest BCUT2D eigenvalue weighted by Gasteiger charge is -2.34. The van der Waals surface area contributed by atoms with E-state index in [0.717, 1.165) is 36.9 Å². The summed E-state index contributed by atoms with van der Waals surface area (Å²) in [6.45, 7) is 4.76. The molecule has 0 bridgehead atoms. The molecule has 1 amide bonds. The molecule has 4 rings (SSSR count). The molecule has 3 heterocycles. The van der Waals surface area contributed by atoms with Gasteiger partial charge in [-0.05, 0) is 45.2 Å². The summed E-state index contributed by atoms with van der Waals surface area (Å²) >= 11 is 0. The van der Waals surface area contributed by atoms with Gasteiger partial charge in [-0.15, -0.1) is 12.4 Å². The third kappa shape index (κ3) is 4.82. The predicted molar refractivity (Wildman–Crippen MR) is 135 cm³/mol. The number of aromatic nitrogens is 2. The Balaban J connectivity index is 0.00000324. The number of carbonyl (C=O) groups excluding carboxylic acids is 1. The highest BCUT2D eigenvalue weighted by Gasteiger charge is 2.27. The molecule has 1 aromatic carbocycles. The first-order chi connectivity index (χ1) is 16.0. The van der Waals surface area contributed by atoms with Crippen LogP contribution < -0.4 is 19.5 Å². The van der Waals surface area contributed by atoms with Gasteiger partial charge in [0.05, 0.1) is 32.6 Å². The Morgan fingerprint density at radius 3 is 2.41 bits per heavy atom. The van der Waals surface area contributed by atoms with Gasteiger partial charge >= 0.3 is 0 Å². The number of nitrogens with one attached hydrogen (secondary N) is 1. The van der Waals surface area contributed by atoms with Crippen molar-refractivity contribution >= 4 is 40.7 Å². The van der Waals surface area contributed by atoms with Gasteiger partial charge in [-0.2, -0.15) is 0 Å². The Kier molecular flexibility index (Phi) is 8.04. The average Bonchev–Trinajstić information content (AvgIpc) is 2.83. The normalized spacial score (nSPS) is 15.4.